The minimum atomic E-state index is -0.102. The van der Waals surface area contributed by atoms with Crippen LogP contribution in [0.4, 0.5) is 0 Å². The second kappa shape index (κ2) is 7.25. The van der Waals surface area contributed by atoms with Gasteiger partial charge in [-0.15, -0.1) is 0 Å². The summed E-state index contributed by atoms with van der Waals surface area (Å²) in [6.07, 6.45) is 2.41. The van der Waals surface area contributed by atoms with Crippen molar-refractivity contribution in [1.82, 2.24) is 15.5 Å². The second-order valence-corrected chi connectivity index (χ2v) is 6.86. The van der Waals surface area contributed by atoms with Crippen LogP contribution in [0.2, 0.25) is 0 Å². The minimum absolute atomic E-state index is 0.102. The van der Waals surface area contributed by atoms with Gasteiger partial charge >= 0.3 is 0 Å². The molecule has 1 rings (SSSR count). The molecule has 0 aliphatic carbocycles. The first kappa shape index (κ1) is 16.4. The highest BCUT2D eigenvalue weighted by molar-refractivity contribution is 5.81. The van der Waals surface area contributed by atoms with Crippen LogP contribution in [0.1, 0.15) is 40.5 Å². The molecule has 4 nitrogen and oxygen atoms in total. The van der Waals surface area contributed by atoms with Crippen molar-refractivity contribution in [3.8, 4) is 0 Å². The third kappa shape index (κ3) is 5.91. The maximum Gasteiger partial charge on any atom is 0.236 e. The maximum atomic E-state index is 11.9. The summed E-state index contributed by atoms with van der Waals surface area (Å²) in [6, 6.07) is -0.102. The molecule has 112 valence electrons. The number of likely N-dealkylation sites (tertiary alicyclic amines) is 1. The molecule has 0 saturated carbocycles. The smallest absolute Gasteiger partial charge is 0.236 e. The van der Waals surface area contributed by atoms with E-state index in [1.54, 1.807) is 0 Å². The Kier molecular flexibility index (Phi) is 6.27. The van der Waals surface area contributed by atoms with Crippen LogP contribution in [-0.2, 0) is 4.79 Å². The van der Waals surface area contributed by atoms with E-state index in [1.165, 1.54) is 12.8 Å². The van der Waals surface area contributed by atoms with Crippen molar-refractivity contribution >= 4 is 5.91 Å². The molecule has 0 spiro atoms. The molecule has 1 heterocycles. The maximum absolute atomic E-state index is 11.9. The normalized spacial score (nSPS) is 21.4. The minimum Gasteiger partial charge on any atom is -0.354 e. The van der Waals surface area contributed by atoms with E-state index >= 15 is 0 Å². The molecule has 1 aliphatic heterocycles. The molecule has 4 heteroatoms. The number of hydrogen-bond acceptors (Lipinski definition) is 3. The molecule has 0 aromatic rings. The van der Waals surface area contributed by atoms with Crippen molar-refractivity contribution in [3.05, 3.63) is 0 Å². The number of carbonyl (C=O) groups is 1. The van der Waals surface area contributed by atoms with Gasteiger partial charge in [0.25, 0.3) is 0 Å². The highest BCUT2D eigenvalue weighted by Crippen LogP contribution is 2.29. The van der Waals surface area contributed by atoms with E-state index in [2.05, 4.69) is 43.4 Å². The van der Waals surface area contributed by atoms with Gasteiger partial charge in [0.15, 0.2) is 0 Å². The molecule has 1 saturated heterocycles. The lowest BCUT2D eigenvalue weighted by Crippen LogP contribution is -2.48. The molecular formula is C15H31N3O. The van der Waals surface area contributed by atoms with Crippen LogP contribution in [0.25, 0.3) is 0 Å². The molecule has 1 atom stereocenters. The van der Waals surface area contributed by atoms with Crippen molar-refractivity contribution in [1.29, 1.82) is 0 Å². The largest absolute Gasteiger partial charge is 0.354 e. The zero-order valence-electron chi connectivity index (χ0n) is 13.3. The number of carbonyl (C=O) groups excluding carboxylic acids is 1. The Bertz CT molecular complexity index is 283. The van der Waals surface area contributed by atoms with E-state index in [0.717, 1.165) is 26.2 Å². The average molecular weight is 269 g/mol. The first-order valence-corrected chi connectivity index (χ1v) is 7.52. The van der Waals surface area contributed by atoms with Crippen LogP contribution in [0, 0.1) is 11.3 Å². The predicted octanol–water partition coefficient (Wildman–Crippen LogP) is 1.47. The molecule has 2 N–H and O–H groups in total. The van der Waals surface area contributed by atoms with Crippen LogP contribution in [-0.4, -0.2) is 50.1 Å². The van der Waals surface area contributed by atoms with E-state index in [9.17, 15) is 4.79 Å². The van der Waals surface area contributed by atoms with Crippen LogP contribution >= 0.6 is 0 Å². The molecule has 1 aliphatic rings. The fraction of sp³-hybridized carbons (Fsp3) is 0.933. The standard InChI is InChI=1S/C15H31N3O/c1-12(2)10-16-14(19)13(3)17-11-15(4)6-8-18(5)9-7-15/h12-13,17H,6-11H2,1-5H3,(H,16,19). The summed E-state index contributed by atoms with van der Waals surface area (Å²) >= 11 is 0. The van der Waals surface area contributed by atoms with Crippen LogP contribution in [0.3, 0.4) is 0 Å². The summed E-state index contributed by atoms with van der Waals surface area (Å²) in [4.78, 5) is 14.3. The van der Waals surface area contributed by atoms with Crippen molar-refractivity contribution in [2.45, 2.75) is 46.6 Å². The fourth-order valence-corrected chi connectivity index (χ4v) is 2.29. The molecule has 1 amide bonds. The summed E-state index contributed by atoms with van der Waals surface area (Å²) in [5.74, 6) is 0.618. The molecule has 1 unspecified atom stereocenters. The Morgan fingerprint density at radius 2 is 1.84 bits per heavy atom. The summed E-state index contributed by atoms with van der Waals surface area (Å²) in [7, 11) is 2.18. The van der Waals surface area contributed by atoms with Gasteiger partial charge in [-0.3, -0.25) is 4.79 Å². The van der Waals surface area contributed by atoms with E-state index in [4.69, 9.17) is 0 Å². The lowest BCUT2D eigenvalue weighted by molar-refractivity contribution is -0.123. The molecular weight excluding hydrogens is 238 g/mol. The quantitative estimate of drug-likeness (QED) is 0.767. The zero-order valence-corrected chi connectivity index (χ0v) is 13.3. The SMILES string of the molecule is CC(C)CNC(=O)C(C)NCC1(C)CCN(C)CC1. The van der Waals surface area contributed by atoms with Gasteiger partial charge < -0.3 is 15.5 Å². The number of hydrogen-bond donors (Lipinski definition) is 2. The van der Waals surface area contributed by atoms with Crippen LogP contribution in [0.5, 0.6) is 0 Å². The number of rotatable bonds is 6. The molecule has 19 heavy (non-hydrogen) atoms. The Morgan fingerprint density at radius 1 is 1.26 bits per heavy atom. The first-order valence-electron chi connectivity index (χ1n) is 7.52. The van der Waals surface area contributed by atoms with Crippen molar-refractivity contribution < 1.29 is 4.79 Å². The van der Waals surface area contributed by atoms with Gasteiger partial charge in [0.05, 0.1) is 6.04 Å². The van der Waals surface area contributed by atoms with E-state index in [-0.39, 0.29) is 11.9 Å². The summed E-state index contributed by atoms with van der Waals surface area (Å²) in [5.41, 5.74) is 0.332. The molecule has 1 fully saturated rings. The third-order valence-electron chi connectivity index (χ3n) is 4.11. The van der Waals surface area contributed by atoms with Gasteiger partial charge in [0, 0.05) is 13.1 Å². The van der Waals surface area contributed by atoms with Crippen LogP contribution < -0.4 is 10.6 Å². The van der Waals surface area contributed by atoms with Crippen molar-refractivity contribution in [2.24, 2.45) is 11.3 Å². The second-order valence-electron chi connectivity index (χ2n) is 6.86. The lowest BCUT2D eigenvalue weighted by atomic mass is 9.80. The van der Waals surface area contributed by atoms with Crippen molar-refractivity contribution in [3.63, 3.8) is 0 Å². The highest BCUT2D eigenvalue weighted by Gasteiger charge is 2.29. The topological polar surface area (TPSA) is 44.4 Å². The van der Waals surface area contributed by atoms with Gasteiger partial charge in [-0.1, -0.05) is 20.8 Å². The van der Waals surface area contributed by atoms with Gasteiger partial charge in [0.2, 0.25) is 5.91 Å². The molecule has 0 aromatic heterocycles. The molecule has 0 bridgehead atoms. The molecule has 0 radical (unpaired) electrons. The fourth-order valence-electron chi connectivity index (χ4n) is 2.29. The Hall–Kier alpha value is -0.610. The van der Waals surface area contributed by atoms with E-state index in [0.29, 0.717) is 11.3 Å². The number of nitrogens with one attached hydrogen (secondary N) is 2. The van der Waals surface area contributed by atoms with Crippen LogP contribution in [0.15, 0.2) is 0 Å². The number of piperidine rings is 1. The Labute approximate surface area is 118 Å². The lowest BCUT2D eigenvalue weighted by Gasteiger charge is -2.38. The highest BCUT2D eigenvalue weighted by atomic mass is 16.2. The third-order valence-corrected chi connectivity index (χ3v) is 4.11. The first-order chi connectivity index (χ1) is 8.82. The summed E-state index contributed by atoms with van der Waals surface area (Å²) in [6.45, 7) is 12.5. The van der Waals surface area contributed by atoms with Gasteiger partial charge in [-0.25, -0.2) is 0 Å². The van der Waals surface area contributed by atoms with Gasteiger partial charge in [-0.05, 0) is 51.2 Å². The summed E-state index contributed by atoms with van der Waals surface area (Å²) < 4.78 is 0. The Morgan fingerprint density at radius 3 is 2.37 bits per heavy atom. The average Bonchev–Trinajstić information content (AvgIpc) is 2.37. The number of nitrogens with zero attached hydrogens (tertiary/aromatic N) is 1. The predicted molar refractivity (Wildman–Crippen MR) is 80.2 cm³/mol. The monoisotopic (exact) mass is 269 g/mol. The number of amides is 1. The Balaban J connectivity index is 2.29. The van der Waals surface area contributed by atoms with Gasteiger partial charge in [-0.2, -0.15) is 0 Å². The van der Waals surface area contributed by atoms with Gasteiger partial charge in [0.1, 0.15) is 0 Å². The van der Waals surface area contributed by atoms with E-state index in [1.807, 2.05) is 6.92 Å². The molecule has 0 aromatic carbocycles. The van der Waals surface area contributed by atoms with E-state index < -0.39 is 0 Å². The zero-order chi connectivity index (χ0) is 14.5. The van der Waals surface area contributed by atoms with Crippen molar-refractivity contribution in [2.75, 3.05) is 33.2 Å². The summed E-state index contributed by atoms with van der Waals surface area (Å²) in [5, 5.41) is 6.38.